The number of aromatic nitrogens is 3. The number of rotatable bonds is 8. The summed E-state index contributed by atoms with van der Waals surface area (Å²) in [6, 6.07) is 5.45. The van der Waals surface area contributed by atoms with Crippen molar-refractivity contribution in [3.05, 3.63) is 42.4 Å². The zero-order valence-electron chi connectivity index (χ0n) is 20.5. The van der Waals surface area contributed by atoms with Gasteiger partial charge < -0.3 is 10.6 Å². The van der Waals surface area contributed by atoms with Gasteiger partial charge in [-0.05, 0) is 44.4 Å². The number of nitrogens with one attached hydrogen (secondary N) is 3. The lowest BCUT2D eigenvalue weighted by Crippen LogP contribution is -2.47. The molecule has 200 valence electrons. The fraction of sp³-hybridized carbons (Fsp3) is 0.458. The standard InChI is InChI=1S/C24H29F3N6O3S/c1-15(2)31-22-19-11-16(17-12-29-30-13-17)3-4-21(19)28-14-20(22)23(34)32-18-5-8-33(9-6-18)37(35,36)10-7-24(25,26)27/h3-4,11-15,18H,5-10H2,1-2H3,(H,28,31)(H,29,30)(H,32,34). The highest BCUT2D eigenvalue weighted by Gasteiger charge is 2.34. The summed E-state index contributed by atoms with van der Waals surface area (Å²) < 4.78 is 63.1. The van der Waals surface area contributed by atoms with Crippen LogP contribution in [0.5, 0.6) is 0 Å². The van der Waals surface area contributed by atoms with E-state index in [0.717, 1.165) is 20.8 Å². The van der Waals surface area contributed by atoms with E-state index in [-0.39, 0.29) is 31.1 Å². The lowest BCUT2D eigenvalue weighted by atomic mass is 10.0. The number of benzene rings is 1. The van der Waals surface area contributed by atoms with E-state index in [1.807, 2.05) is 32.0 Å². The molecule has 0 saturated carbocycles. The molecule has 1 fully saturated rings. The number of piperidine rings is 1. The fourth-order valence-corrected chi connectivity index (χ4v) is 5.83. The molecule has 1 saturated heterocycles. The van der Waals surface area contributed by atoms with Crippen molar-refractivity contribution in [3.63, 3.8) is 0 Å². The lowest BCUT2D eigenvalue weighted by Gasteiger charge is -2.32. The third-order valence-electron chi connectivity index (χ3n) is 6.20. The third kappa shape index (κ3) is 6.58. The molecular weight excluding hydrogens is 509 g/mol. The highest BCUT2D eigenvalue weighted by molar-refractivity contribution is 7.89. The van der Waals surface area contributed by atoms with Gasteiger partial charge in [-0.15, -0.1) is 0 Å². The average Bonchev–Trinajstić information content (AvgIpc) is 3.37. The quantitative estimate of drug-likeness (QED) is 0.400. The SMILES string of the molecule is CC(C)Nc1c(C(=O)NC2CCN(S(=O)(=O)CCC(F)(F)F)CC2)cnc2ccc(-c3cn[nH]c3)cc12. The molecule has 1 aliphatic heterocycles. The number of nitrogens with zero attached hydrogens (tertiary/aromatic N) is 3. The molecule has 9 nitrogen and oxygen atoms in total. The van der Waals surface area contributed by atoms with Crippen LogP contribution in [0.1, 0.15) is 43.5 Å². The van der Waals surface area contributed by atoms with Crippen LogP contribution in [0.2, 0.25) is 0 Å². The Labute approximate surface area is 212 Å². The second kappa shape index (κ2) is 10.7. The van der Waals surface area contributed by atoms with E-state index in [1.54, 1.807) is 12.4 Å². The van der Waals surface area contributed by atoms with Gasteiger partial charge in [-0.25, -0.2) is 12.7 Å². The number of sulfonamides is 1. The zero-order valence-corrected chi connectivity index (χ0v) is 21.3. The number of hydrogen-bond acceptors (Lipinski definition) is 6. The molecule has 1 aromatic carbocycles. The highest BCUT2D eigenvalue weighted by atomic mass is 32.2. The van der Waals surface area contributed by atoms with Gasteiger partial charge in [0.25, 0.3) is 5.91 Å². The Balaban J connectivity index is 1.50. The van der Waals surface area contributed by atoms with Gasteiger partial charge in [-0.3, -0.25) is 14.9 Å². The highest BCUT2D eigenvalue weighted by Crippen LogP contribution is 2.31. The van der Waals surface area contributed by atoms with Crippen LogP contribution in [0.25, 0.3) is 22.0 Å². The number of alkyl halides is 3. The molecule has 0 unspecified atom stereocenters. The first kappa shape index (κ1) is 26.9. The lowest BCUT2D eigenvalue weighted by molar-refractivity contribution is -0.130. The first-order valence-electron chi connectivity index (χ1n) is 12.0. The molecule has 37 heavy (non-hydrogen) atoms. The Hall–Kier alpha value is -3.19. The molecule has 3 heterocycles. The van der Waals surface area contributed by atoms with Gasteiger partial charge >= 0.3 is 6.18 Å². The molecule has 3 aromatic rings. The minimum Gasteiger partial charge on any atom is -0.382 e. The summed E-state index contributed by atoms with van der Waals surface area (Å²) in [5.41, 5.74) is 3.50. The maximum Gasteiger partial charge on any atom is 0.390 e. The third-order valence-corrected chi connectivity index (χ3v) is 8.08. The average molecular weight is 539 g/mol. The van der Waals surface area contributed by atoms with Crippen molar-refractivity contribution in [1.29, 1.82) is 0 Å². The van der Waals surface area contributed by atoms with Crippen LogP contribution >= 0.6 is 0 Å². The first-order chi connectivity index (χ1) is 17.4. The largest absolute Gasteiger partial charge is 0.390 e. The number of H-pyrrole nitrogens is 1. The molecule has 0 spiro atoms. The number of carbonyl (C=O) groups excluding carboxylic acids is 1. The van der Waals surface area contributed by atoms with Crippen LogP contribution in [0.4, 0.5) is 18.9 Å². The van der Waals surface area contributed by atoms with Crippen molar-refractivity contribution in [2.45, 2.75) is 51.4 Å². The van der Waals surface area contributed by atoms with Gasteiger partial charge in [0.15, 0.2) is 0 Å². The number of hydrogen-bond donors (Lipinski definition) is 3. The number of halogens is 3. The molecule has 1 amide bonds. The molecule has 0 aliphatic carbocycles. The zero-order chi connectivity index (χ0) is 26.8. The van der Waals surface area contributed by atoms with Crippen LogP contribution in [0, 0.1) is 0 Å². The predicted molar refractivity (Wildman–Crippen MR) is 135 cm³/mol. The molecular formula is C24H29F3N6O3S. The minimum atomic E-state index is -4.53. The smallest absolute Gasteiger partial charge is 0.382 e. The van der Waals surface area contributed by atoms with Crippen LogP contribution in [-0.4, -0.2) is 70.9 Å². The van der Waals surface area contributed by atoms with Gasteiger partial charge in [0.1, 0.15) is 0 Å². The van der Waals surface area contributed by atoms with Crippen molar-refractivity contribution in [3.8, 4) is 11.1 Å². The van der Waals surface area contributed by atoms with Crippen molar-refractivity contribution < 1.29 is 26.4 Å². The van der Waals surface area contributed by atoms with E-state index in [4.69, 9.17) is 0 Å². The molecule has 0 atom stereocenters. The maximum absolute atomic E-state index is 13.3. The van der Waals surface area contributed by atoms with Gasteiger partial charge in [0, 0.05) is 48.5 Å². The molecule has 3 N–H and O–H groups in total. The Morgan fingerprint density at radius 1 is 1.19 bits per heavy atom. The van der Waals surface area contributed by atoms with Crippen LogP contribution in [0.15, 0.2) is 36.8 Å². The number of anilines is 1. The van der Waals surface area contributed by atoms with Gasteiger partial charge in [-0.2, -0.15) is 18.3 Å². The fourth-order valence-electron chi connectivity index (χ4n) is 4.31. The normalized spacial score (nSPS) is 15.8. The number of aromatic amines is 1. The number of fused-ring (bicyclic) bond motifs is 1. The predicted octanol–water partition coefficient (Wildman–Crippen LogP) is 3.92. The van der Waals surface area contributed by atoms with E-state index in [0.29, 0.717) is 29.6 Å². The summed E-state index contributed by atoms with van der Waals surface area (Å²) in [6.07, 6.45) is -0.322. The second-order valence-corrected chi connectivity index (χ2v) is 11.5. The second-order valence-electron chi connectivity index (χ2n) is 9.39. The molecule has 1 aliphatic rings. The van der Waals surface area contributed by atoms with Crippen LogP contribution in [0.3, 0.4) is 0 Å². The minimum absolute atomic E-state index is 0.0277. The summed E-state index contributed by atoms with van der Waals surface area (Å²) in [5.74, 6) is -1.33. The van der Waals surface area contributed by atoms with Crippen LogP contribution in [-0.2, 0) is 10.0 Å². The van der Waals surface area contributed by atoms with Crippen molar-refractivity contribution in [2.75, 3.05) is 24.2 Å². The molecule has 4 rings (SSSR count). The Morgan fingerprint density at radius 2 is 1.92 bits per heavy atom. The van der Waals surface area contributed by atoms with Crippen molar-refractivity contribution >= 4 is 32.5 Å². The summed E-state index contributed by atoms with van der Waals surface area (Å²) in [5, 5.41) is 13.9. The van der Waals surface area contributed by atoms with Gasteiger partial charge in [0.05, 0.1) is 35.1 Å². The summed E-state index contributed by atoms with van der Waals surface area (Å²) in [4.78, 5) is 17.8. The number of amides is 1. The number of pyridine rings is 1. The van der Waals surface area contributed by atoms with Gasteiger partial charge in [-0.1, -0.05) is 6.07 Å². The Kier molecular flexibility index (Phi) is 7.74. The maximum atomic E-state index is 13.3. The van der Waals surface area contributed by atoms with E-state index in [2.05, 4.69) is 25.8 Å². The van der Waals surface area contributed by atoms with Crippen molar-refractivity contribution in [1.82, 2.24) is 24.8 Å². The van der Waals surface area contributed by atoms with Crippen LogP contribution < -0.4 is 10.6 Å². The molecule has 0 bridgehead atoms. The molecule has 13 heteroatoms. The monoisotopic (exact) mass is 538 g/mol. The summed E-state index contributed by atoms with van der Waals surface area (Å²) >= 11 is 0. The summed E-state index contributed by atoms with van der Waals surface area (Å²) in [6.45, 7) is 4.02. The Morgan fingerprint density at radius 3 is 2.54 bits per heavy atom. The van der Waals surface area contributed by atoms with E-state index in [1.165, 1.54) is 6.20 Å². The van der Waals surface area contributed by atoms with Gasteiger partial charge in [0.2, 0.25) is 10.0 Å². The summed E-state index contributed by atoms with van der Waals surface area (Å²) in [7, 11) is -4.01. The van der Waals surface area contributed by atoms with E-state index < -0.39 is 28.4 Å². The molecule has 2 aromatic heterocycles. The topological polar surface area (TPSA) is 120 Å². The number of carbonyl (C=O) groups is 1. The Bertz CT molecular complexity index is 1350. The van der Waals surface area contributed by atoms with Crippen molar-refractivity contribution in [2.24, 2.45) is 0 Å². The van der Waals surface area contributed by atoms with E-state index in [9.17, 15) is 26.4 Å². The first-order valence-corrected chi connectivity index (χ1v) is 13.6. The van der Waals surface area contributed by atoms with E-state index >= 15 is 0 Å². The molecule has 0 radical (unpaired) electrons.